The minimum Gasteiger partial charge on any atom is -0.481 e. The van der Waals surface area contributed by atoms with Gasteiger partial charge in [0.05, 0.1) is 6.42 Å². The first-order valence-corrected chi connectivity index (χ1v) is 2.53. The molecule has 4 nitrogen and oxygen atoms in total. The van der Waals surface area contributed by atoms with Gasteiger partial charge in [-0.15, -0.1) is 0 Å². The molecule has 0 amide bonds. The Kier molecular flexibility index (Phi) is 3.21. The second-order valence-electron chi connectivity index (χ2n) is 1.76. The molecule has 0 saturated heterocycles. The molecule has 1 atom stereocenters. The zero-order valence-electron chi connectivity index (χ0n) is 5.09. The first kappa shape index (κ1) is 7.76. The van der Waals surface area contributed by atoms with E-state index in [1.54, 1.807) is 13.1 Å². The van der Waals surface area contributed by atoms with Gasteiger partial charge in [-0.1, -0.05) is 0 Å². The van der Waals surface area contributed by atoms with Crippen LogP contribution in [0.2, 0.25) is 0 Å². The Morgan fingerprint density at radius 3 is 2.89 bits per heavy atom. The van der Waals surface area contributed by atoms with Gasteiger partial charge < -0.3 is 10.4 Å². The van der Waals surface area contributed by atoms with Crippen LogP contribution in [0.15, 0.2) is 0 Å². The Hall–Kier alpha value is -1.24. The van der Waals surface area contributed by atoms with Crippen LogP contribution in [0.4, 0.5) is 0 Å². The molecule has 0 saturated carbocycles. The third-order valence-corrected chi connectivity index (χ3v) is 0.792. The summed E-state index contributed by atoms with van der Waals surface area (Å²) in [6, 6.07) is -0.271. The molecule has 0 heterocycles. The number of aliphatic carboxylic acids is 1. The van der Waals surface area contributed by atoms with Crippen molar-refractivity contribution < 1.29 is 9.90 Å². The highest BCUT2D eigenvalue weighted by molar-refractivity contribution is 5.67. The van der Waals surface area contributed by atoms with Crippen molar-refractivity contribution in [1.82, 2.24) is 5.32 Å². The molecule has 2 N–H and O–H groups in total. The number of rotatable bonds is 3. The summed E-state index contributed by atoms with van der Waals surface area (Å²) in [5.41, 5.74) is 0. The molecule has 0 fully saturated rings. The number of carbonyl (C=O) groups is 1. The van der Waals surface area contributed by atoms with Crippen molar-refractivity contribution >= 4 is 5.97 Å². The van der Waals surface area contributed by atoms with E-state index in [9.17, 15) is 4.79 Å². The standard InChI is InChI=1S/C5H8N2O2/c1-4(7-3-6)2-5(8)9/h4,7H,2H2,1H3,(H,8,9). The Balaban J connectivity index is 3.40. The summed E-state index contributed by atoms with van der Waals surface area (Å²) >= 11 is 0. The lowest BCUT2D eigenvalue weighted by atomic mass is 10.2. The molecule has 0 spiro atoms. The lowest BCUT2D eigenvalue weighted by molar-refractivity contribution is -0.137. The molecule has 0 aromatic rings. The van der Waals surface area contributed by atoms with Crippen molar-refractivity contribution in [2.24, 2.45) is 0 Å². The fraction of sp³-hybridized carbons (Fsp3) is 0.600. The zero-order valence-corrected chi connectivity index (χ0v) is 5.09. The molecule has 0 rings (SSSR count). The predicted molar refractivity (Wildman–Crippen MR) is 30.5 cm³/mol. The summed E-state index contributed by atoms with van der Waals surface area (Å²) in [5.74, 6) is -0.898. The molecule has 0 bridgehead atoms. The number of nitrogens with one attached hydrogen (secondary N) is 1. The quantitative estimate of drug-likeness (QED) is 0.412. The monoisotopic (exact) mass is 128 g/mol. The Labute approximate surface area is 53.1 Å². The lowest BCUT2D eigenvalue weighted by Gasteiger charge is -2.02. The minimum atomic E-state index is -0.898. The summed E-state index contributed by atoms with van der Waals surface area (Å²) in [4.78, 5) is 9.94. The SMILES string of the molecule is CC(CC(=O)O)NC#N. The maximum atomic E-state index is 9.94. The Morgan fingerprint density at radius 1 is 2.00 bits per heavy atom. The average Bonchev–Trinajstić information content (AvgIpc) is 1.63. The molecule has 0 radical (unpaired) electrons. The van der Waals surface area contributed by atoms with Crippen LogP contribution in [0.1, 0.15) is 13.3 Å². The van der Waals surface area contributed by atoms with Crippen molar-refractivity contribution in [2.75, 3.05) is 0 Å². The minimum absolute atomic E-state index is 0.0203. The molecule has 0 aliphatic carbocycles. The summed E-state index contributed by atoms with van der Waals surface area (Å²) in [7, 11) is 0. The summed E-state index contributed by atoms with van der Waals surface area (Å²) in [5, 5.41) is 18.5. The fourth-order valence-electron chi connectivity index (χ4n) is 0.423. The molecule has 0 aliphatic heterocycles. The van der Waals surface area contributed by atoms with Crippen molar-refractivity contribution in [3.63, 3.8) is 0 Å². The number of carboxylic acid groups (broad SMARTS) is 1. The highest BCUT2D eigenvalue weighted by Crippen LogP contribution is 1.87. The maximum absolute atomic E-state index is 9.94. The van der Waals surface area contributed by atoms with Crippen LogP contribution >= 0.6 is 0 Å². The van der Waals surface area contributed by atoms with Crippen molar-refractivity contribution in [3.05, 3.63) is 0 Å². The van der Waals surface area contributed by atoms with Gasteiger partial charge in [-0.25, -0.2) is 0 Å². The molecular weight excluding hydrogens is 120 g/mol. The smallest absolute Gasteiger partial charge is 0.305 e. The predicted octanol–water partition coefficient (Wildman–Crippen LogP) is -0.0797. The number of carboxylic acids is 1. The molecule has 9 heavy (non-hydrogen) atoms. The summed E-state index contributed by atoms with van der Waals surface area (Å²) < 4.78 is 0. The molecule has 4 heteroatoms. The van der Waals surface area contributed by atoms with E-state index in [4.69, 9.17) is 10.4 Å². The topological polar surface area (TPSA) is 73.1 Å². The first-order chi connectivity index (χ1) is 4.16. The zero-order chi connectivity index (χ0) is 7.28. The first-order valence-electron chi connectivity index (χ1n) is 2.53. The second-order valence-corrected chi connectivity index (χ2v) is 1.76. The summed E-state index contributed by atoms with van der Waals surface area (Å²) in [6.07, 6.45) is 1.64. The van der Waals surface area contributed by atoms with Crippen LogP contribution in [0, 0.1) is 11.5 Å². The summed E-state index contributed by atoms with van der Waals surface area (Å²) in [6.45, 7) is 1.64. The van der Waals surface area contributed by atoms with E-state index < -0.39 is 5.97 Å². The van der Waals surface area contributed by atoms with Crippen molar-refractivity contribution in [3.8, 4) is 6.19 Å². The van der Waals surface area contributed by atoms with Crippen LogP contribution in [-0.4, -0.2) is 17.1 Å². The largest absolute Gasteiger partial charge is 0.481 e. The van der Waals surface area contributed by atoms with Crippen LogP contribution in [-0.2, 0) is 4.79 Å². The van der Waals surface area contributed by atoms with Crippen LogP contribution in [0.5, 0.6) is 0 Å². The molecule has 1 unspecified atom stereocenters. The highest BCUT2D eigenvalue weighted by Gasteiger charge is 2.04. The van der Waals surface area contributed by atoms with Crippen LogP contribution < -0.4 is 5.32 Å². The van der Waals surface area contributed by atoms with Gasteiger partial charge in [-0.2, -0.15) is 5.26 Å². The van der Waals surface area contributed by atoms with Gasteiger partial charge in [0.25, 0.3) is 0 Å². The number of hydrogen-bond acceptors (Lipinski definition) is 3. The van der Waals surface area contributed by atoms with Gasteiger partial charge in [0, 0.05) is 6.04 Å². The third-order valence-electron chi connectivity index (χ3n) is 0.792. The van der Waals surface area contributed by atoms with Gasteiger partial charge in [0.2, 0.25) is 0 Å². The van der Waals surface area contributed by atoms with Gasteiger partial charge in [0.15, 0.2) is 6.19 Å². The molecule has 0 aliphatic rings. The number of nitrogens with zero attached hydrogens (tertiary/aromatic N) is 1. The molecule has 0 aromatic heterocycles. The van der Waals surface area contributed by atoms with Gasteiger partial charge >= 0.3 is 5.97 Å². The normalized spacial score (nSPS) is 11.6. The van der Waals surface area contributed by atoms with Gasteiger partial charge in [-0.05, 0) is 6.92 Å². The van der Waals surface area contributed by atoms with E-state index in [0.717, 1.165) is 0 Å². The van der Waals surface area contributed by atoms with Crippen molar-refractivity contribution in [1.29, 1.82) is 5.26 Å². The maximum Gasteiger partial charge on any atom is 0.305 e. The van der Waals surface area contributed by atoms with Crippen LogP contribution in [0.3, 0.4) is 0 Å². The van der Waals surface area contributed by atoms with Crippen molar-refractivity contribution in [2.45, 2.75) is 19.4 Å². The molecule has 0 aromatic carbocycles. The Morgan fingerprint density at radius 2 is 2.56 bits per heavy atom. The Bertz CT molecular complexity index is 138. The van der Waals surface area contributed by atoms with E-state index in [-0.39, 0.29) is 12.5 Å². The van der Waals surface area contributed by atoms with E-state index in [2.05, 4.69) is 5.32 Å². The average molecular weight is 128 g/mol. The van der Waals surface area contributed by atoms with Crippen LogP contribution in [0.25, 0.3) is 0 Å². The van der Waals surface area contributed by atoms with Gasteiger partial charge in [0.1, 0.15) is 0 Å². The van der Waals surface area contributed by atoms with E-state index >= 15 is 0 Å². The van der Waals surface area contributed by atoms with E-state index in [1.807, 2.05) is 0 Å². The fourth-order valence-corrected chi connectivity index (χ4v) is 0.423. The third kappa shape index (κ3) is 4.62. The number of hydrogen-bond donors (Lipinski definition) is 2. The highest BCUT2D eigenvalue weighted by atomic mass is 16.4. The van der Waals surface area contributed by atoms with E-state index in [1.165, 1.54) is 0 Å². The molecular formula is C5H8N2O2. The lowest BCUT2D eigenvalue weighted by Crippen LogP contribution is -2.23. The number of nitriles is 1. The van der Waals surface area contributed by atoms with E-state index in [0.29, 0.717) is 0 Å². The van der Waals surface area contributed by atoms with Gasteiger partial charge in [-0.3, -0.25) is 4.79 Å². The molecule has 50 valence electrons. The second kappa shape index (κ2) is 3.72.